The minimum absolute atomic E-state index is 0.0181. The first kappa shape index (κ1) is 12.7. The summed E-state index contributed by atoms with van der Waals surface area (Å²) < 4.78 is 1.62. The van der Waals surface area contributed by atoms with E-state index >= 15 is 0 Å². The number of aliphatic hydroxyl groups excluding tert-OH is 1. The van der Waals surface area contributed by atoms with E-state index in [9.17, 15) is 4.79 Å². The average molecular weight is 225 g/mol. The van der Waals surface area contributed by atoms with Gasteiger partial charge in [0, 0.05) is 25.0 Å². The Kier molecular flexibility index (Phi) is 4.49. The van der Waals surface area contributed by atoms with Gasteiger partial charge in [0.1, 0.15) is 6.04 Å². The molecule has 0 radical (unpaired) electrons. The molecule has 0 saturated carbocycles. The van der Waals surface area contributed by atoms with Crippen LogP contribution >= 0.6 is 0 Å². The highest BCUT2D eigenvalue weighted by atomic mass is 16.3. The van der Waals surface area contributed by atoms with Gasteiger partial charge in [-0.25, -0.2) is 0 Å². The van der Waals surface area contributed by atoms with Gasteiger partial charge >= 0.3 is 0 Å². The van der Waals surface area contributed by atoms with Gasteiger partial charge in [-0.15, -0.1) is 0 Å². The Bertz CT molecular complexity index is 322. The van der Waals surface area contributed by atoms with E-state index in [1.54, 1.807) is 28.0 Å². The second kappa shape index (κ2) is 5.65. The van der Waals surface area contributed by atoms with Crippen LogP contribution in [0.25, 0.3) is 0 Å². The van der Waals surface area contributed by atoms with Crippen molar-refractivity contribution in [2.75, 3.05) is 13.2 Å². The first-order valence-corrected chi connectivity index (χ1v) is 5.48. The van der Waals surface area contributed by atoms with E-state index < -0.39 is 0 Å². The number of amides is 1. The minimum Gasteiger partial charge on any atom is -0.395 e. The molecule has 0 spiro atoms. The summed E-state index contributed by atoms with van der Waals surface area (Å²) in [5, 5.41) is 13.0. The van der Waals surface area contributed by atoms with Crippen LogP contribution in [0.1, 0.15) is 26.8 Å². The number of carbonyl (C=O) groups excluding carboxylic acids is 1. The molecule has 1 N–H and O–H groups in total. The van der Waals surface area contributed by atoms with Crippen LogP contribution < -0.4 is 0 Å². The maximum Gasteiger partial charge on any atom is 0.247 e. The van der Waals surface area contributed by atoms with Gasteiger partial charge in [0.05, 0.1) is 6.61 Å². The third-order valence-corrected chi connectivity index (χ3v) is 2.53. The molecule has 1 aromatic heterocycles. The molecule has 16 heavy (non-hydrogen) atoms. The fourth-order valence-corrected chi connectivity index (χ4v) is 1.59. The second-order valence-electron chi connectivity index (χ2n) is 4.01. The molecule has 1 rings (SSSR count). The maximum atomic E-state index is 12.1. The highest BCUT2D eigenvalue weighted by Gasteiger charge is 2.23. The van der Waals surface area contributed by atoms with Gasteiger partial charge in [-0.05, 0) is 26.8 Å². The molecule has 5 nitrogen and oxygen atoms in total. The first-order chi connectivity index (χ1) is 7.57. The largest absolute Gasteiger partial charge is 0.395 e. The Labute approximate surface area is 95.7 Å². The number of carbonyl (C=O) groups is 1. The molecule has 0 aliphatic heterocycles. The van der Waals surface area contributed by atoms with Crippen molar-refractivity contribution in [2.24, 2.45) is 0 Å². The summed E-state index contributed by atoms with van der Waals surface area (Å²) in [6.45, 7) is 6.02. The molecule has 5 heteroatoms. The van der Waals surface area contributed by atoms with Crippen molar-refractivity contribution in [1.29, 1.82) is 0 Å². The average Bonchev–Trinajstić information content (AvgIpc) is 2.76. The molecule has 0 bridgehead atoms. The Morgan fingerprint density at radius 2 is 2.19 bits per heavy atom. The molecule has 0 fully saturated rings. The highest BCUT2D eigenvalue weighted by molar-refractivity contribution is 5.80. The zero-order valence-corrected chi connectivity index (χ0v) is 10.00. The number of aromatic nitrogens is 2. The number of hydrogen-bond acceptors (Lipinski definition) is 3. The quantitative estimate of drug-likeness (QED) is 0.801. The Hall–Kier alpha value is -1.36. The molecule has 0 aromatic carbocycles. The van der Waals surface area contributed by atoms with Crippen LogP contribution in [0.4, 0.5) is 0 Å². The molecule has 1 atom stereocenters. The van der Waals surface area contributed by atoms with E-state index in [0.717, 1.165) is 0 Å². The maximum absolute atomic E-state index is 12.1. The van der Waals surface area contributed by atoms with E-state index in [2.05, 4.69) is 5.10 Å². The first-order valence-electron chi connectivity index (χ1n) is 5.48. The molecule has 0 aliphatic carbocycles. The summed E-state index contributed by atoms with van der Waals surface area (Å²) in [6, 6.07) is 1.54. The van der Waals surface area contributed by atoms with Crippen LogP contribution in [0.3, 0.4) is 0 Å². The predicted octanol–water partition coefficient (Wildman–Crippen LogP) is 0.673. The fourth-order valence-electron chi connectivity index (χ4n) is 1.59. The molecule has 0 saturated heterocycles. The summed E-state index contributed by atoms with van der Waals surface area (Å²) in [7, 11) is 0. The lowest BCUT2D eigenvalue weighted by Crippen LogP contribution is -2.42. The highest BCUT2D eigenvalue weighted by Crippen LogP contribution is 2.10. The topological polar surface area (TPSA) is 58.4 Å². The molecular weight excluding hydrogens is 206 g/mol. The van der Waals surface area contributed by atoms with Crippen molar-refractivity contribution in [1.82, 2.24) is 14.7 Å². The van der Waals surface area contributed by atoms with Crippen LogP contribution in [0.15, 0.2) is 18.5 Å². The molecule has 1 unspecified atom stereocenters. The zero-order valence-electron chi connectivity index (χ0n) is 10.00. The predicted molar refractivity (Wildman–Crippen MR) is 60.9 cm³/mol. The van der Waals surface area contributed by atoms with Crippen molar-refractivity contribution in [2.45, 2.75) is 32.9 Å². The van der Waals surface area contributed by atoms with Gasteiger partial charge in [-0.3, -0.25) is 9.48 Å². The molecule has 1 heterocycles. The molecule has 90 valence electrons. The SMILES string of the molecule is CC(C)N(CCO)C(=O)C(C)n1cccn1. The van der Waals surface area contributed by atoms with Crippen LogP contribution in [-0.4, -0.2) is 44.9 Å². The lowest BCUT2D eigenvalue weighted by molar-refractivity contribution is -0.136. The van der Waals surface area contributed by atoms with Gasteiger partial charge in [-0.1, -0.05) is 0 Å². The van der Waals surface area contributed by atoms with Crippen LogP contribution in [0.2, 0.25) is 0 Å². The Morgan fingerprint density at radius 3 is 2.62 bits per heavy atom. The Balaban J connectivity index is 2.74. The number of aliphatic hydroxyl groups is 1. The van der Waals surface area contributed by atoms with E-state index in [0.29, 0.717) is 6.54 Å². The minimum atomic E-state index is -0.330. The second-order valence-corrected chi connectivity index (χ2v) is 4.01. The summed E-state index contributed by atoms with van der Waals surface area (Å²) in [5.74, 6) is -0.0206. The lowest BCUT2D eigenvalue weighted by atomic mass is 10.2. The molecular formula is C11H19N3O2. The van der Waals surface area contributed by atoms with Crippen LogP contribution in [0.5, 0.6) is 0 Å². The Morgan fingerprint density at radius 1 is 1.50 bits per heavy atom. The van der Waals surface area contributed by atoms with Crippen molar-refractivity contribution >= 4 is 5.91 Å². The summed E-state index contributed by atoms with van der Waals surface area (Å²) >= 11 is 0. The lowest BCUT2D eigenvalue weighted by Gasteiger charge is -2.28. The van der Waals surface area contributed by atoms with E-state index in [4.69, 9.17) is 5.11 Å². The molecule has 1 aromatic rings. The number of rotatable bonds is 5. The standard InChI is InChI=1S/C11H19N3O2/c1-9(2)13(7-8-15)11(16)10(3)14-6-4-5-12-14/h4-6,9-10,15H,7-8H2,1-3H3. The van der Waals surface area contributed by atoms with Gasteiger partial charge < -0.3 is 10.0 Å². The molecule has 1 amide bonds. The van der Waals surface area contributed by atoms with Gasteiger partial charge in [-0.2, -0.15) is 5.10 Å². The normalized spacial score (nSPS) is 12.8. The third-order valence-electron chi connectivity index (χ3n) is 2.53. The van der Waals surface area contributed by atoms with Crippen LogP contribution in [-0.2, 0) is 4.79 Å². The summed E-state index contributed by atoms with van der Waals surface area (Å²) in [4.78, 5) is 13.8. The monoisotopic (exact) mass is 225 g/mol. The number of hydrogen-bond donors (Lipinski definition) is 1. The zero-order chi connectivity index (χ0) is 12.1. The smallest absolute Gasteiger partial charge is 0.247 e. The third kappa shape index (κ3) is 2.82. The van der Waals surface area contributed by atoms with Gasteiger partial charge in [0.2, 0.25) is 5.91 Å². The van der Waals surface area contributed by atoms with Crippen LogP contribution in [0, 0.1) is 0 Å². The number of nitrogens with zero attached hydrogens (tertiary/aromatic N) is 3. The van der Waals surface area contributed by atoms with E-state index in [1.165, 1.54) is 0 Å². The van der Waals surface area contributed by atoms with Gasteiger partial charge in [0.25, 0.3) is 0 Å². The summed E-state index contributed by atoms with van der Waals surface area (Å²) in [5.41, 5.74) is 0. The van der Waals surface area contributed by atoms with Crippen molar-refractivity contribution in [3.8, 4) is 0 Å². The van der Waals surface area contributed by atoms with Crippen molar-refractivity contribution in [3.63, 3.8) is 0 Å². The summed E-state index contributed by atoms with van der Waals surface area (Å²) in [6.07, 6.45) is 3.41. The van der Waals surface area contributed by atoms with Gasteiger partial charge in [0.15, 0.2) is 0 Å². The van der Waals surface area contributed by atoms with E-state index in [-0.39, 0.29) is 24.6 Å². The van der Waals surface area contributed by atoms with E-state index in [1.807, 2.05) is 20.8 Å². The fraction of sp³-hybridized carbons (Fsp3) is 0.636. The molecule has 0 aliphatic rings. The van der Waals surface area contributed by atoms with Crippen molar-refractivity contribution < 1.29 is 9.90 Å². The van der Waals surface area contributed by atoms with Crippen molar-refractivity contribution in [3.05, 3.63) is 18.5 Å².